The van der Waals surface area contributed by atoms with Crippen LogP contribution in [0.15, 0.2) is 30.5 Å². The maximum absolute atomic E-state index is 12.0. The maximum Gasteiger partial charge on any atom is 0.253 e. The molecule has 2 aromatic rings. The van der Waals surface area contributed by atoms with Crippen LogP contribution >= 0.6 is 0 Å². The van der Waals surface area contributed by atoms with Gasteiger partial charge < -0.3 is 15.4 Å². The van der Waals surface area contributed by atoms with Gasteiger partial charge in [-0.3, -0.25) is 4.79 Å². The third-order valence-electron chi connectivity index (χ3n) is 2.95. The number of aromatic nitrogens is 1. The molecule has 2 rings (SSSR count). The van der Waals surface area contributed by atoms with Gasteiger partial charge >= 0.3 is 0 Å². The van der Waals surface area contributed by atoms with Crippen LogP contribution in [0.4, 0.5) is 0 Å². The largest absolute Gasteiger partial charge is 0.391 e. The molecule has 1 unspecified atom stereocenters. The topological polar surface area (TPSA) is 65.1 Å². The molecule has 1 heterocycles. The van der Waals surface area contributed by atoms with E-state index in [2.05, 4.69) is 10.3 Å². The predicted molar refractivity (Wildman–Crippen MR) is 71.5 cm³/mol. The number of aromatic amines is 1. The van der Waals surface area contributed by atoms with Gasteiger partial charge in [-0.05, 0) is 18.6 Å². The van der Waals surface area contributed by atoms with Crippen molar-refractivity contribution < 1.29 is 9.90 Å². The number of fused-ring (bicyclic) bond motifs is 1. The molecule has 96 valence electrons. The Morgan fingerprint density at radius 1 is 1.44 bits per heavy atom. The van der Waals surface area contributed by atoms with Gasteiger partial charge in [0.2, 0.25) is 0 Å². The Hall–Kier alpha value is -1.81. The lowest BCUT2D eigenvalue weighted by atomic mass is 10.1. The van der Waals surface area contributed by atoms with Crippen LogP contribution in [0, 0.1) is 0 Å². The van der Waals surface area contributed by atoms with Crippen LogP contribution in [0.3, 0.4) is 0 Å². The van der Waals surface area contributed by atoms with E-state index in [0.717, 1.165) is 17.3 Å². The van der Waals surface area contributed by atoms with Crippen LogP contribution in [-0.4, -0.2) is 28.6 Å². The number of aliphatic hydroxyl groups excluding tert-OH is 1. The molecule has 0 saturated heterocycles. The minimum absolute atomic E-state index is 0.154. The molecular formula is C14H18N2O2. The molecule has 0 aliphatic rings. The van der Waals surface area contributed by atoms with E-state index in [1.54, 1.807) is 6.07 Å². The van der Waals surface area contributed by atoms with Gasteiger partial charge in [-0.1, -0.05) is 25.5 Å². The van der Waals surface area contributed by atoms with Crippen molar-refractivity contribution in [1.82, 2.24) is 10.3 Å². The maximum atomic E-state index is 12.0. The molecule has 1 aromatic carbocycles. The van der Waals surface area contributed by atoms with E-state index in [4.69, 9.17) is 0 Å². The van der Waals surface area contributed by atoms with Crippen LogP contribution in [-0.2, 0) is 0 Å². The van der Waals surface area contributed by atoms with E-state index in [9.17, 15) is 9.90 Å². The first-order valence-corrected chi connectivity index (χ1v) is 6.24. The number of para-hydroxylation sites is 1. The molecule has 4 heteroatoms. The fraction of sp³-hybridized carbons (Fsp3) is 0.357. The quantitative estimate of drug-likeness (QED) is 0.756. The van der Waals surface area contributed by atoms with Crippen molar-refractivity contribution in [3.05, 3.63) is 36.0 Å². The van der Waals surface area contributed by atoms with E-state index >= 15 is 0 Å². The van der Waals surface area contributed by atoms with Crippen molar-refractivity contribution in [2.24, 2.45) is 0 Å². The molecule has 0 radical (unpaired) electrons. The van der Waals surface area contributed by atoms with Gasteiger partial charge in [0.1, 0.15) is 0 Å². The summed E-state index contributed by atoms with van der Waals surface area (Å²) in [5.41, 5.74) is 1.45. The number of carbonyl (C=O) groups is 1. The number of rotatable bonds is 5. The van der Waals surface area contributed by atoms with Crippen molar-refractivity contribution in [2.45, 2.75) is 25.9 Å². The van der Waals surface area contributed by atoms with Gasteiger partial charge in [0.15, 0.2) is 0 Å². The Kier molecular flexibility index (Phi) is 3.99. The third kappa shape index (κ3) is 2.71. The van der Waals surface area contributed by atoms with Gasteiger partial charge in [0, 0.05) is 18.1 Å². The van der Waals surface area contributed by atoms with Gasteiger partial charge in [-0.2, -0.15) is 0 Å². The average molecular weight is 246 g/mol. The van der Waals surface area contributed by atoms with Gasteiger partial charge in [0.25, 0.3) is 5.91 Å². The molecule has 0 aliphatic heterocycles. The number of nitrogens with one attached hydrogen (secondary N) is 2. The van der Waals surface area contributed by atoms with E-state index < -0.39 is 6.10 Å². The summed E-state index contributed by atoms with van der Waals surface area (Å²) in [6.07, 6.45) is 2.95. The summed E-state index contributed by atoms with van der Waals surface area (Å²) in [5, 5.41) is 13.4. The molecule has 0 aliphatic carbocycles. The highest BCUT2D eigenvalue weighted by Gasteiger charge is 2.11. The smallest absolute Gasteiger partial charge is 0.253 e. The Morgan fingerprint density at radius 3 is 3.06 bits per heavy atom. The monoisotopic (exact) mass is 246 g/mol. The van der Waals surface area contributed by atoms with E-state index in [-0.39, 0.29) is 5.91 Å². The third-order valence-corrected chi connectivity index (χ3v) is 2.95. The molecule has 3 N–H and O–H groups in total. The SMILES string of the molecule is CCCC(O)CNC(=O)c1cccc2cc[nH]c12. The van der Waals surface area contributed by atoms with E-state index in [1.807, 2.05) is 31.3 Å². The van der Waals surface area contributed by atoms with E-state index in [0.29, 0.717) is 18.5 Å². The second-order valence-corrected chi connectivity index (χ2v) is 4.40. The summed E-state index contributed by atoms with van der Waals surface area (Å²) >= 11 is 0. The molecule has 1 amide bonds. The highest BCUT2D eigenvalue weighted by Crippen LogP contribution is 2.16. The number of benzene rings is 1. The molecule has 0 saturated carbocycles. The highest BCUT2D eigenvalue weighted by molar-refractivity contribution is 6.05. The lowest BCUT2D eigenvalue weighted by Gasteiger charge is -2.11. The summed E-state index contributed by atoms with van der Waals surface area (Å²) in [6, 6.07) is 7.51. The van der Waals surface area contributed by atoms with Gasteiger partial charge in [0.05, 0.1) is 17.2 Å². The number of carbonyl (C=O) groups excluding carboxylic acids is 1. The zero-order chi connectivity index (χ0) is 13.0. The molecule has 0 spiro atoms. The molecule has 1 aromatic heterocycles. The fourth-order valence-corrected chi connectivity index (χ4v) is 2.02. The summed E-state index contributed by atoms with van der Waals surface area (Å²) in [4.78, 5) is 15.1. The van der Waals surface area contributed by atoms with Crippen LogP contribution in [0.1, 0.15) is 30.1 Å². The normalized spacial score (nSPS) is 12.6. The standard InChI is InChI=1S/C14H18N2O2/c1-2-4-11(17)9-16-14(18)12-6-3-5-10-7-8-15-13(10)12/h3,5-8,11,15,17H,2,4,9H2,1H3,(H,16,18). The molecular weight excluding hydrogens is 228 g/mol. The summed E-state index contributed by atoms with van der Waals surface area (Å²) in [7, 11) is 0. The Bertz CT molecular complexity index is 533. The zero-order valence-corrected chi connectivity index (χ0v) is 10.4. The molecule has 4 nitrogen and oxygen atoms in total. The summed E-state index contributed by atoms with van der Waals surface area (Å²) < 4.78 is 0. The van der Waals surface area contributed by atoms with Crippen molar-refractivity contribution in [2.75, 3.05) is 6.54 Å². The first-order valence-electron chi connectivity index (χ1n) is 6.24. The second kappa shape index (κ2) is 5.69. The number of hydrogen-bond acceptors (Lipinski definition) is 2. The highest BCUT2D eigenvalue weighted by atomic mass is 16.3. The minimum atomic E-state index is -0.471. The number of amides is 1. The van der Waals surface area contributed by atoms with Crippen molar-refractivity contribution >= 4 is 16.8 Å². The first-order chi connectivity index (χ1) is 8.72. The Morgan fingerprint density at radius 2 is 2.28 bits per heavy atom. The number of aliphatic hydroxyl groups is 1. The first kappa shape index (κ1) is 12.6. The van der Waals surface area contributed by atoms with Crippen molar-refractivity contribution in [1.29, 1.82) is 0 Å². The Balaban J connectivity index is 2.07. The predicted octanol–water partition coefficient (Wildman–Crippen LogP) is 2.06. The summed E-state index contributed by atoms with van der Waals surface area (Å²) in [6.45, 7) is 2.30. The molecule has 0 fully saturated rings. The molecule has 0 bridgehead atoms. The lowest BCUT2D eigenvalue weighted by molar-refractivity contribution is 0.0911. The van der Waals surface area contributed by atoms with Crippen LogP contribution in [0.25, 0.3) is 10.9 Å². The number of H-pyrrole nitrogens is 1. The Labute approximate surface area is 106 Å². The summed E-state index contributed by atoms with van der Waals surface area (Å²) in [5.74, 6) is -0.154. The van der Waals surface area contributed by atoms with Crippen LogP contribution in [0.2, 0.25) is 0 Å². The minimum Gasteiger partial charge on any atom is -0.391 e. The number of hydrogen-bond donors (Lipinski definition) is 3. The van der Waals surface area contributed by atoms with Gasteiger partial charge in [-0.15, -0.1) is 0 Å². The van der Waals surface area contributed by atoms with E-state index in [1.165, 1.54) is 0 Å². The molecule has 18 heavy (non-hydrogen) atoms. The van der Waals surface area contributed by atoms with Crippen molar-refractivity contribution in [3.63, 3.8) is 0 Å². The van der Waals surface area contributed by atoms with Crippen molar-refractivity contribution in [3.8, 4) is 0 Å². The van der Waals surface area contributed by atoms with Crippen LogP contribution in [0.5, 0.6) is 0 Å². The fourth-order valence-electron chi connectivity index (χ4n) is 2.02. The zero-order valence-electron chi connectivity index (χ0n) is 10.4. The molecule has 1 atom stereocenters. The average Bonchev–Trinajstić information content (AvgIpc) is 2.84. The van der Waals surface area contributed by atoms with Crippen LogP contribution < -0.4 is 5.32 Å². The lowest BCUT2D eigenvalue weighted by Crippen LogP contribution is -2.32. The van der Waals surface area contributed by atoms with Gasteiger partial charge in [-0.25, -0.2) is 0 Å². The second-order valence-electron chi connectivity index (χ2n) is 4.40.